The Labute approximate surface area is 410 Å². The molecule has 4 saturated carbocycles. The van der Waals surface area contributed by atoms with Crippen LogP contribution in [0.2, 0.25) is 0 Å². The maximum atomic E-state index is 13.7. The number of carbonyl (C=O) groups is 7. The number of halogens is 18. The van der Waals surface area contributed by atoms with E-state index in [1.807, 2.05) is 0 Å². The van der Waals surface area contributed by atoms with Gasteiger partial charge in [-0.05, 0) is 98.2 Å². The molecule has 4 aliphatic carbocycles. The number of carbonyl (C=O) groups excluding carboxylic acids is 7. The molecule has 5 rings (SSSR count). The maximum absolute atomic E-state index is 13.7. The van der Waals surface area contributed by atoms with Crippen LogP contribution in [0.15, 0.2) is 0 Å². The van der Waals surface area contributed by atoms with E-state index < -0.39 is 181 Å². The van der Waals surface area contributed by atoms with E-state index in [9.17, 15) is 113 Å². The molecule has 5 fully saturated rings. The normalized spacial score (nSPS) is 33.8. The molecule has 15 atom stereocenters. The van der Waals surface area contributed by atoms with Crippen molar-refractivity contribution < 1.29 is 150 Å². The Morgan fingerprint density at radius 2 is 0.973 bits per heavy atom. The summed E-state index contributed by atoms with van der Waals surface area (Å²) in [5.74, 6) is -24.1. The molecule has 4 unspecified atom stereocenters. The van der Waals surface area contributed by atoms with Crippen LogP contribution in [-0.4, -0.2) is 128 Å². The lowest BCUT2D eigenvalue weighted by Gasteiger charge is -2.62. The Morgan fingerprint density at radius 1 is 0.520 bits per heavy atom. The van der Waals surface area contributed by atoms with Crippen molar-refractivity contribution in [3.05, 3.63) is 0 Å². The van der Waals surface area contributed by atoms with Crippen molar-refractivity contribution >= 4 is 41.8 Å². The zero-order valence-corrected chi connectivity index (χ0v) is 38.7. The van der Waals surface area contributed by atoms with Crippen LogP contribution in [0.5, 0.6) is 0 Å². The Hall–Kier alpha value is -5.01. The van der Waals surface area contributed by atoms with Crippen molar-refractivity contribution in [2.75, 3.05) is 6.61 Å². The third-order valence-corrected chi connectivity index (χ3v) is 15.0. The van der Waals surface area contributed by atoms with Gasteiger partial charge in [-0.3, -0.25) is 4.79 Å². The lowest BCUT2D eigenvalue weighted by molar-refractivity contribution is -0.315. The maximum Gasteiger partial charge on any atom is 0.490 e. The molecule has 5 aliphatic rings. The molecule has 0 aromatic heterocycles. The number of fused-ring (bicyclic) bond motifs is 5. The summed E-state index contributed by atoms with van der Waals surface area (Å²) in [5.41, 5.74) is -1.64. The fourth-order valence-electron chi connectivity index (χ4n) is 11.8. The topological polar surface area (TPSA) is 193 Å². The second kappa shape index (κ2) is 21.4. The van der Waals surface area contributed by atoms with Gasteiger partial charge < -0.3 is 37.9 Å². The second-order valence-electron chi connectivity index (χ2n) is 19.4. The summed E-state index contributed by atoms with van der Waals surface area (Å²) in [6.45, 7) is 2.94. The Balaban J connectivity index is 1.41. The zero-order valence-electron chi connectivity index (χ0n) is 38.7. The molecule has 1 saturated heterocycles. The molecule has 0 aromatic carbocycles. The van der Waals surface area contributed by atoms with Crippen molar-refractivity contribution in [1.82, 2.24) is 0 Å². The predicted molar refractivity (Wildman–Crippen MR) is 200 cm³/mol. The Bertz CT molecular complexity index is 2160. The summed E-state index contributed by atoms with van der Waals surface area (Å²) in [6.07, 6.45) is -55.6. The van der Waals surface area contributed by atoms with Crippen molar-refractivity contribution in [3.63, 3.8) is 0 Å². The van der Waals surface area contributed by atoms with Gasteiger partial charge in [0.15, 0.2) is 12.2 Å². The Morgan fingerprint density at radius 3 is 1.49 bits per heavy atom. The van der Waals surface area contributed by atoms with E-state index in [4.69, 9.17) is 14.2 Å². The average Bonchev–Trinajstić information content (AvgIpc) is 3.62. The van der Waals surface area contributed by atoms with Crippen molar-refractivity contribution in [3.8, 4) is 0 Å². The first-order valence-electron chi connectivity index (χ1n) is 22.5. The van der Waals surface area contributed by atoms with Gasteiger partial charge in [-0.2, -0.15) is 79.0 Å². The van der Waals surface area contributed by atoms with Crippen LogP contribution < -0.4 is 0 Å². The number of rotatable bonds is 12. The first kappa shape index (κ1) is 60.9. The minimum absolute atomic E-state index is 0.0439. The van der Waals surface area contributed by atoms with E-state index in [0.717, 1.165) is 0 Å². The first-order chi connectivity index (χ1) is 34.0. The molecule has 1 aliphatic heterocycles. The van der Waals surface area contributed by atoms with Gasteiger partial charge in [0, 0.05) is 12.3 Å². The number of ether oxygens (including phenoxy) is 8. The number of hydrogen-bond donors (Lipinski definition) is 0. The summed E-state index contributed by atoms with van der Waals surface area (Å²) in [5, 5.41) is 0. The zero-order chi connectivity index (χ0) is 57.0. The van der Waals surface area contributed by atoms with Gasteiger partial charge in [0.2, 0.25) is 12.4 Å². The number of alkyl halides is 18. The van der Waals surface area contributed by atoms with Crippen molar-refractivity contribution in [2.45, 2.75) is 165 Å². The highest BCUT2D eigenvalue weighted by molar-refractivity contribution is 5.79. The molecular formula is C42H44F18O15. The SMILES string of the molecule is C[C@H](CCC(=O)O[C@@H]1O[C@H](COC(=O)C(F)(F)F)[C@@H](OC(=O)C(F)(F)F)[C@H](OC(=O)C(F)(F)F)[C@H]1OC(=O)C(F)(F)F)[C@H]1CCC2C3C(CC[C@@]21C)[C@@]1(C)CC[C@@H](OC(=O)C(F)(F)F)CC1C[C@H]3OC(=O)C(F)(F)F. The molecule has 0 bridgehead atoms. The fourth-order valence-corrected chi connectivity index (χ4v) is 11.8. The van der Waals surface area contributed by atoms with Gasteiger partial charge in [0.1, 0.15) is 24.9 Å². The van der Waals surface area contributed by atoms with E-state index in [-0.39, 0.29) is 51.4 Å². The molecule has 428 valence electrons. The molecule has 1 heterocycles. The van der Waals surface area contributed by atoms with E-state index in [2.05, 4.69) is 23.7 Å². The number of esters is 7. The van der Waals surface area contributed by atoms with Crippen LogP contribution in [0, 0.1) is 46.3 Å². The molecule has 0 amide bonds. The minimum Gasteiger partial charge on any atom is -0.456 e. The van der Waals surface area contributed by atoms with E-state index >= 15 is 0 Å². The lowest BCUT2D eigenvalue weighted by Crippen LogP contribution is -2.64. The standard InChI is InChI=1S/C42H44F18O15/c1-15(18-5-6-19-24-20(9-11-36(18,19)3)35(2)10-8-17(69-30(63)38(46,47)48)12-16(35)13-21(24)71-31(64)39(49,50)51)4-7-23(61)72-28-27(75-34(67)42(58,59)60)26(74-33(66)41(55,56)57)25(73-32(65)40(52,53)54)22(70-28)14-68-29(62)37(43,44)45/h15-22,24-28H,4-14H2,1-3H3/t15-,16?,17-,18-,19?,20?,21-,22-,24?,25-,26+,27-,28+,35+,36-/m1/s1. The third-order valence-electron chi connectivity index (χ3n) is 15.0. The van der Waals surface area contributed by atoms with Crippen LogP contribution >= 0.6 is 0 Å². The molecular weight excluding hydrogens is 1090 g/mol. The minimum atomic E-state index is -6.24. The van der Waals surface area contributed by atoms with Gasteiger partial charge >= 0.3 is 78.8 Å². The molecule has 15 nitrogen and oxygen atoms in total. The van der Waals surface area contributed by atoms with E-state index in [1.54, 1.807) is 20.8 Å². The fraction of sp³-hybridized carbons (Fsp3) is 0.833. The van der Waals surface area contributed by atoms with Gasteiger partial charge in [-0.25, -0.2) is 28.8 Å². The van der Waals surface area contributed by atoms with Gasteiger partial charge in [-0.1, -0.05) is 20.8 Å². The molecule has 0 aromatic rings. The van der Waals surface area contributed by atoms with Crippen molar-refractivity contribution in [1.29, 1.82) is 0 Å². The van der Waals surface area contributed by atoms with Gasteiger partial charge in [0.25, 0.3) is 0 Å². The Kier molecular flexibility index (Phi) is 17.4. The van der Waals surface area contributed by atoms with Gasteiger partial charge in [0.05, 0.1) is 0 Å². The quantitative estimate of drug-likeness (QED) is 0.103. The largest absolute Gasteiger partial charge is 0.490 e. The van der Waals surface area contributed by atoms with Crippen LogP contribution in [0.3, 0.4) is 0 Å². The molecule has 33 heteroatoms. The smallest absolute Gasteiger partial charge is 0.456 e. The van der Waals surface area contributed by atoms with Crippen LogP contribution in [0.1, 0.15) is 85.0 Å². The number of hydrogen-bond acceptors (Lipinski definition) is 15. The molecule has 75 heavy (non-hydrogen) atoms. The summed E-state index contributed by atoms with van der Waals surface area (Å²) in [6, 6.07) is 0. The van der Waals surface area contributed by atoms with E-state index in [1.165, 1.54) is 0 Å². The summed E-state index contributed by atoms with van der Waals surface area (Å²) < 4.78 is 276. The molecule has 0 radical (unpaired) electrons. The molecule has 0 N–H and O–H groups in total. The highest BCUT2D eigenvalue weighted by atomic mass is 19.4. The third kappa shape index (κ3) is 13.8. The first-order valence-corrected chi connectivity index (χ1v) is 22.5. The van der Waals surface area contributed by atoms with Crippen molar-refractivity contribution in [2.24, 2.45) is 46.3 Å². The van der Waals surface area contributed by atoms with E-state index in [0.29, 0.717) is 6.42 Å². The summed E-state index contributed by atoms with van der Waals surface area (Å²) in [7, 11) is 0. The lowest BCUT2D eigenvalue weighted by atomic mass is 9.43. The summed E-state index contributed by atoms with van der Waals surface area (Å²) >= 11 is 0. The predicted octanol–water partition coefficient (Wildman–Crippen LogP) is 8.42. The van der Waals surface area contributed by atoms with Crippen LogP contribution in [0.4, 0.5) is 79.0 Å². The highest BCUT2D eigenvalue weighted by Crippen LogP contribution is 2.69. The van der Waals surface area contributed by atoms with Gasteiger partial charge in [-0.15, -0.1) is 0 Å². The highest BCUT2D eigenvalue weighted by Gasteiger charge is 2.66. The molecule has 0 spiro atoms. The monoisotopic (exact) mass is 1130 g/mol. The van der Waals surface area contributed by atoms with Crippen LogP contribution in [-0.2, 0) is 71.5 Å². The summed E-state index contributed by atoms with van der Waals surface area (Å²) in [4.78, 5) is 85.0. The van der Waals surface area contributed by atoms with Crippen LogP contribution in [0.25, 0.3) is 0 Å². The average molecular weight is 1130 g/mol. The second-order valence-corrected chi connectivity index (χ2v) is 19.4.